The summed E-state index contributed by atoms with van der Waals surface area (Å²) in [5.74, 6) is 1.11. The van der Waals surface area contributed by atoms with Gasteiger partial charge >= 0.3 is 0 Å². The molecule has 0 unspecified atom stereocenters. The molecule has 0 aliphatic carbocycles. The Labute approximate surface area is 162 Å². The molecule has 4 aromatic rings. The van der Waals surface area contributed by atoms with Gasteiger partial charge in [-0.05, 0) is 41.5 Å². The quantitative estimate of drug-likeness (QED) is 0.526. The monoisotopic (exact) mass is 370 g/mol. The number of H-pyrrole nitrogens is 1. The van der Waals surface area contributed by atoms with Crippen LogP contribution in [0.15, 0.2) is 85.5 Å². The molecule has 0 saturated heterocycles. The molecule has 0 aliphatic heterocycles. The number of amides is 1. The number of hydrogen-bond acceptors (Lipinski definition) is 4. The van der Waals surface area contributed by atoms with Gasteiger partial charge in [-0.2, -0.15) is 5.10 Å². The number of carbonyl (C=O) groups is 1. The van der Waals surface area contributed by atoms with Crippen molar-refractivity contribution in [1.29, 1.82) is 0 Å². The van der Waals surface area contributed by atoms with E-state index < -0.39 is 0 Å². The summed E-state index contributed by atoms with van der Waals surface area (Å²) in [6, 6.07) is 18.8. The fraction of sp³-hybridized carbons (Fsp3) is 0.0455. The third-order valence-corrected chi connectivity index (χ3v) is 4.15. The lowest BCUT2D eigenvalue weighted by atomic mass is 10.1. The lowest BCUT2D eigenvalue weighted by Crippen LogP contribution is -2.15. The number of hydrogen-bond donors (Lipinski definition) is 2. The van der Waals surface area contributed by atoms with Crippen LogP contribution in [0.5, 0.6) is 11.5 Å². The normalized spacial score (nSPS) is 10.4. The maximum atomic E-state index is 12.5. The predicted octanol–water partition coefficient (Wildman–Crippen LogP) is 4.45. The predicted molar refractivity (Wildman–Crippen MR) is 107 cm³/mol. The topological polar surface area (TPSA) is 79.9 Å². The van der Waals surface area contributed by atoms with Gasteiger partial charge in [-0.3, -0.25) is 14.9 Å². The van der Waals surface area contributed by atoms with Crippen LogP contribution in [0, 0.1) is 0 Å². The van der Waals surface area contributed by atoms with Gasteiger partial charge in [0.2, 0.25) is 5.91 Å². The number of para-hydroxylation sites is 1. The van der Waals surface area contributed by atoms with Gasteiger partial charge in [-0.25, -0.2) is 0 Å². The minimum atomic E-state index is -0.137. The van der Waals surface area contributed by atoms with Crippen molar-refractivity contribution in [2.24, 2.45) is 0 Å². The van der Waals surface area contributed by atoms with Gasteiger partial charge in [0.15, 0.2) is 5.75 Å². The highest BCUT2D eigenvalue weighted by atomic mass is 16.5. The van der Waals surface area contributed by atoms with Crippen LogP contribution < -0.4 is 10.1 Å². The molecular formula is C22H18N4O2. The summed E-state index contributed by atoms with van der Waals surface area (Å²) in [6.45, 7) is 0. The molecule has 2 aromatic carbocycles. The molecule has 0 bridgehead atoms. The van der Waals surface area contributed by atoms with Crippen molar-refractivity contribution >= 4 is 11.6 Å². The van der Waals surface area contributed by atoms with Crippen molar-refractivity contribution in [2.45, 2.75) is 6.42 Å². The molecule has 0 fully saturated rings. The van der Waals surface area contributed by atoms with Crippen molar-refractivity contribution < 1.29 is 9.53 Å². The number of benzene rings is 2. The first-order valence-electron chi connectivity index (χ1n) is 8.83. The van der Waals surface area contributed by atoms with Gasteiger partial charge in [-0.15, -0.1) is 0 Å². The lowest BCUT2D eigenvalue weighted by Gasteiger charge is -2.14. The van der Waals surface area contributed by atoms with Crippen LogP contribution in [0.25, 0.3) is 11.1 Å². The Morgan fingerprint density at radius 3 is 2.64 bits per heavy atom. The zero-order chi connectivity index (χ0) is 19.2. The third kappa shape index (κ3) is 4.24. The molecule has 0 saturated carbocycles. The second kappa shape index (κ2) is 8.18. The van der Waals surface area contributed by atoms with Gasteiger partial charge in [0.1, 0.15) is 5.75 Å². The van der Waals surface area contributed by atoms with Crippen molar-refractivity contribution in [3.63, 3.8) is 0 Å². The lowest BCUT2D eigenvalue weighted by molar-refractivity contribution is -0.115. The molecule has 2 heterocycles. The number of ether oxygens (including phenoxy) is 1. The van der Waals surface area contributed by atoms with E-state index in [1.165, 1.54) is 0 Å². The summed E-state index contributed by atoms with van der Waals surface area (Å²) in [4.78, 5) is 16.5. The van der Waals surface area contributed by atoms with Crippen LogP contribution >= 0.6 is 0 Å². The number of nitrogens with zero attached hydrogens (tertiary/aromatic N) is 2. The maximum Gasteiger partial charge on any atom is 0.228 e. The highest BCUT2D eigenvalue weighted by molar-refractivity contribution is 5.94. The molecule has 6 nitrogen and oxygen atoms in total. The summed E-state index contributed by atoms with van der Waals surface area (Å²) >= 11 is 0. The Balaban J connectivity index is 1.60. The van der Waals surface area contributed by atoms with E-state index in [9.17, 15) is 4.79 Å². The smallest absolute Gasteiger partial charge is 0.228 e. The largest absolute Gasteiger partial charge is 0.455 e. The molecule has 28 heavy (non-hydrogen) atoms. The minimum absolute atomic E-state index is 0.137. The molecule has 1 amide bonds. The van der Waals surface area contributed by atoms with Gasteiger partial charge in [0.25, 0.3) is 0 Å². The number of anilines is 1. The first-order valence-corrected chi connectivity index (χ1v) is 8.83. The Kier molecular flexibility index (Phi) is 5.11. The maximum absolute atomic E-state index is 12.5. The van der Waals surface area contributed by atoms with E-state index >= 15 is 0 Å². The van der Waals surface area contributed by atoms with Crippen LogP contribution in [0.4, 0.5) is 5.69 Å². The number of aromatic amines is 1. The number of pyridine rings is 1. The van der Waals surface area contributed by atoms with Gasteiger partial charge < -0.3 is 10.1 Å². The highest BCUT2D eigenvalue weighted by Crippen LogP contribution is 2.34. The van der Waals surface area contributed by atoms with Crippen molar-refractivity contribution in [2.75, 3.05) is 5.32 Å². The average Bonchev–Trinajstić information content (AvgIpc) is 3.26. The Hall–Kier alpha value is -3.93. The van der Waals surface area contributed by atoms with Gasteiger partial charge in [0.05, 0.1) is 18.3 Å². The summed E-state index contributed by atoms with van der Waals surface area (Å²) in [5, 5.41) is 9.73. The van der Waals surface area contributed by atoms with E-state index in [-0.39, 0.29) is 12.3 Å². The highest BCUT2D eigenvalue weighted by Gasteiger charge is 2.12. The molecule has 2 N–H and O–H groups in total. The van der Waals surface area contributed by atoms with E-state index in [4.69, 9.17) is 4.74 Å². The van der Waals surface area contributed by atoms with Crippen molar-refractivity contribution in [3.8, 4) is 22.6 Å². The molecule has 0 radical (unpaired) electrons. The van der Waals surface area contributed by atoms with Crippen molar-refractivity contribution in [3.05, 3.63) is 91.0 Å². The standard InChI is InChI=1S/C22H18N4O2/c27-22(11-16-5-4-10-23-13-16)26-20-9-8-17(18-14-24-25-15-18)12-21(20)28-19-6-2-1-3-7-19/h1-10,12-15H,11H2,(H,24,25)(H,26,27). The van der Waals surface area contributed by atoms with Gasteiger partial charge in [0, 0.05) is 24.2 Å². The summed E-state index contributed by atoms with van der Waals surface area (Å²) in [5.41, 5.74) is 3.32. The Morgan fingerprint density at radius 2 is 1.89 bits per heavy atom. The molecule has 6 heteroatoms. The van der Waals surface area contributed by atoms with Crippen LogP contribution in [-0.4, -0.2) is 21.1 Å². The summed E-state index contributed by atoms with van der Waals surface area (Å²) in [6.07, 6.45) is 7.15. The number of nitrogens with one attached hydrogen (secondary N) is 2. The molecule has 138 valence electrons. The molecule has 2 aromatic heterocycles. The van der Waals surface area contributed by atoms with E-state index in [0.717, 1.165) is 16.7 Å². The number of rotatable bonds is 6. The second-order valence-corrected chi connectivity index (χ2v) is 6.20. The molecule has 0 spiro atoms. The number of carbonyl (C=O) groups excluding carboxylic acids is 1. The Morgan fingerprint density at radius 1 is 1.00 bits per heavy atom. The SMILES string of the molecule is O=C(Cc1cccnc1)Nc1ccc(-c2cn[nH]c2)cc1Oc1ccccc1. The fourth-order valence-corrected chi connectivity index (χ4v) is 2.80. The van der Waals surface area contributed by atoms with Crippen LogP contribution in [0.1, 0.15) is 5.56 Å². The van der Waals surface area contributed by atoms with Crippen LogP contribution in [-0.2, 0) is 11.2 Å². The zero-order valence-corrected chi connectivity index (χ0v) is 15.0. The third-order valence-electron chi connectivity index (χ3n) is 4.15. The first kappa shape index (κ1) is 17.5. The van der Waals surface area contributed by atoms with E-state index in [1.807, 2.05) is 66.9 Å². The first-order chi connectivity index (χ1) is 13.8. The fourth-order valence-electron chi connectivity index (χ4n) is 2.80. The molecule has 0 atom stereocenters. The Bertz CT molecular complexity index is 1050. The molecule has 0 aliphatic rings. The average molecular weight is 370 g/mol. The van der Waals surface area contributed by atoms with Crippen LogP contribution in [0.3, 0.4) is 0 Å². The minimum Gasteiger partial charge on any atom is -0.455 e. The zero-order valence-electron chi connectivity index (χ0n) is 15.0. The summed E-state index contributed by atoms with van der Waals surface area (Å²) < 4.78 is 6.04. The van der Waals surface area contributed by atoms with Crippen molar-refractivity contribution in [1.82, 2.24) is 15.2 Å². The summed E-state index contributed by atoms with van der Waals surface area (Å²) in [7, 11) is 0. The van der Waals surface area contributed by atoms with E-state index in [1.54, 1.807) is 18.6 Å². The molecular weight excluding hydrogens is 352 g/mol. The van der Waals surface area contributed by atoms with Gasteiger partial charge in [-0.1, -0.05) is 30.3 Å². The van der Waals surface area contributed by atoms with E-state index in [2.05, 4.69) is 20.5 Å². The second-order valence-electron chi connectivity index (χ2n) is 6.20. The van der Waals surface area contributed by atoms with E-state index in [0.29, 0.717) is 17.2 Å². The molecule has 4 rings (SSSR count). The number of aromatic nitrogens is 3. The van der Waals surface area contributed by atoms with Crippen LogP contribution in [0.2, 0.25) is 0 Å².